The van der Waals surface area contributed by atoms with Crippen LogP contribution in [0.3, 0.4) is 0 Å². The van der Waals surface area contributed by atoms with Crippen molar-refractivity contribution in [2.75, 3.05) is 6.54 Å². The smallest absolute Gasteiger partial charge is 0.233 e. The van der Waals surface area contributed by atoms with Crippen molar-refractivity contribution in [3.05, 3.63) is 36.2 Å². The van der Waals surface area contributed by atoms with Gasteiger partial charge in [-0.3, -0.25) is 0 Å². The molecule has 0 bridgehead atoms. The molecule has 0 saturated heterocycles. The SMILES string of the molecule is CC(C)(CN)c1nc(-c2ccccc2)no1. The number of hydrogen-bond donors (Lipinski definition) is 1. The molecule has 4 heteroatoms. The maximum atomic E-state index is 5.66. The van der Waals surface area contributed by atoms with Crippen LogP contribution in [0.1, 0.15) is 19.7 Å². The predicted molar refractivity (Wildman–Crippen MR) is 61.8 cm³/mol. The van der Waals surface area contributed by atoms with Gasteiger partial charge in [0.2, 0.25) is 11.7 Å². The van der Waals surface area contributed by atoms with E-state index in [1.165, 1.54) is 0 Å². The Morgan fingerprint density at radius 2 is 1.94 bits per heavy atom. The molecule has 1 heterocycles. The van der Waals surface area contributed by atoms with Crippen molar-refractivity contribution in [3.8, 4) is 11.4 Å². The summed E-state index contributed by atoms with van der Waals surface area (Å²) >= 11 is 0. The molecule has 0 aliphatic carbocycles. The summed E-state index contributed by atoms with van der Waals surface area (Å²) in [5.74, 6) is 1.19. The van der Waals surface area contributed by atoms with Crippen LogP contribution in [0.4, 0.5) is 0 Å². The van der Waals surface area contributed by atoms with Crippen LogP contribution < -0.4 is 5.73 Å². The van der Waals surface area contributed by atoms with Gasteiger partial charge < -0.3 is 10.3 Å². The highest BCUT2D eigenvalue weighted by atomic mass is 16.5. The third-order valence-corrected chi connectivity index (χ3v) is 2.55. The zero-order valence-corrected chi connectivity index (χ0v) is 9.47. The fourth-order valence-corrected chi connectivity index (χ4v) is 1.29. The van der Waals surface area contributed by atoms with Crippen LogP contribution in [0.2, 0.25) is 0 Å². The van der Waals surface area contributed by atoms with Gasteiger partial charge in [-0.2, -0.15) is 4.98 Å². The standard InChI is InChI=1S/C12H15N3O/c1-12(2,8-13)11-14-10(15-16-11)9-6-4-3-5-7-9/h3-7H,8,13H2,1-2H3. The number of benzene rings is 1. The Hall–Kier alpha value is -1.68. The van der Waals surface area contributed by atoms with E-state index in [9.17, 15) is 0 Å². The second-order valence-corrected chi connectivity index (χ2v) is 4.38. The van der Waals surface area contributed by atoms with Crippen molar-refractivity contribution in [1.82, 2.24) is 10.1 Å². The third kappa shape index (κ3) is 1.97. The molecule has 0 amide bonds. The van der Waals surface area contributed by atoms with Gasteiger partial charge >= 0.3 is 0 Å². The van der Waals surface area contributed by atoms with E-state index in [0.29, 0.717) is 18.3 Å². The van der Waals surface area contributed by atoms with Crippen LogP contribution in [0.15, 0.2) is 34.9 Å². The zero-order valence-electron chi connectivity index (χ0n) is 9.47. The third-order valence-electron chi connectivity index (χ3n) is 2.55. The lowest BCUT2D eigenvalue weighted by molar-refractivity contribution is 0.311. The fraction of sp³-hybridized carbons (Fsp3) is 0.333. The van der Waals surface area contributed by atoms with E-state index < -0.39 is 0 Å². The molecular formula is C12H15N3O. The topological polar surface area (TPSA) is 64.9 Å². The van der Waals surface area contributed by atoms with Gasteiger partial charge in [-0.15, -0.1) is 0 Å². The van der Waals surface area contributed by atoms with E-state index in [2.05, 4.69) is 10.1 Å². The maximum absolute atomic E-state index is 5.66. The number of nitrogens with two attached hydrogens (primary N) is 1. The molecule has 0 atom stereocenters. The van der Waals surface area contributed by atoms with E-state index in [4.69, 9.17) is 10.3 Å². The van der Waals surface area contributed by atoms with Crippen LogP contribution >= 0.6 is 0 Å². The van der Waals surface area contributed by atoms with Crippen molar-refractivity contribution in [2.45, 2.75) is 19.3 Å². The van der Waals surface area contributed by atoms with E-state index in [1.54, 1.807) is 0 Å². The van der Waals surface area contributed by atoms with E-state index in [-0.39, 0.29) is 5.41 Å². The van der Waals surface area contributed by atoms with Crippen LogP contribution in [0, 0.1) is 0 Å². The van der Waals surface area contributed by atoms with Crippen molar-refractivity contribution in [3.63, 3.8) is 0 Å². The van der Waals surface area contributed by atoms with Crippen molar-refractivity contribution < 1.29 is 4.52 Å². The first kappa shape index (κ1) is 10.8. The van der Waals surface area contributed by atoms with Crippen LogP contribution in [-0.4, -0.2) is 16.7 Å². The van der Waals surface area contributed by atoms with Gasteiger partial charge in [0.05, 0.1) is 5.41 Å². The fourth-order valence-electron chi connectivity index (χ4n) is 1.29. The number of aromatic nitrogens is 2. The zero-order chi connectivity index (χ0) is 11.6. The van der Waals surface area contributed by atoms with Crippen LogP contribution in [-0.2, 0) is 5.41 Å². The van der Waals surface area contributed by atoms with Gasteiger partial charge in [0.25, 0.3) is 0 Å². The Kier molecular flexibility index (Phi) is 2.75. The summed E-state index contributed by atoms with van der Waals surface area (Å²) in [4.78, 5) is 4.37. The predicted octanol–water partition coefficient (Wildman–Crippen LogP) is 1.97. The summed E-state index contributed by atoms with van der Waals surface area (Å²) in [5.41, 5.74) is 6.33. The monoisotopic (exact) mass is 217 g/mol. The van der Waals surface area contributed by atoms with E-state index in [1.807, 2.05) is 44.2 Å². The van der Waals surface area contributed by atoms with Gasteiger partial charge in [-0.1, -0.05) is 35.5 Å². The molecule has 0 aliphatic heterocycles. The van der Waals surface area contributed by atoms with E-state index >= 15 is 0 Å². The number of hydrogen-bond acceptors (Lipinski definition) is 4. The molecule has 2 N–H and O–H groups in total. The second-order valence-electron chi connectivity index (χ2n) is 4.38. The molecule has 2 rings (SSSR count). The van der Waals surface area contributed by atoms with Gasteiger partial charge in [0.1, 0.15) is 0 Å². The highest BCUT2D eigenvalue weighted by Crippen LogP contribution is 2.23. The summed E-state index contributed by atoms with van der Waals surface area (Å²) in [6, 6.07) is 9.74. The summed E-state index contributed by atoms with van der Waals surface area (Å²) in [6.07, 6.45) is 0. The Bertz CT molecular complexity index is 462. The van der Waals surface area contributed by atoms with Gasteiger partial charge in [-0.05, 0) is 13.8 Å². The van der Waals surface area contributed by atoms with Gasteiger partial charge in [0, 0.05) is 12.1 Å². The van der Waals surface area contributed by atoms with Gasteiger partial charge in [0.15, 0.2) is 0 Å². The molecular weight excluding hydrogens is 202 g/mol. The lowest BCUT2D eigenvalue weighted by atomic mass is 9.94. The minimum atomic E-state index is -0.278. The summed E-state index contributed by atoms with van der Waals surface area (Å²) in [6.45, 7) is 4.44. The van der Waals surface area contributed by atoms with Crippen LogP contribution in [0.5, 0.6) is 0 Å². The molecule has 0 unspecified atom stereocenters. The average Bonchev–Trinajstić information content (AvgIpc) is 2.80. The first-order chi connectivity index (χ1) is 7.63. The summed E-state index contributed by atoms with van der Waals surface area (Å²) in [7, 11) is 0. The first-order valence-electron chi connectivity index (χ1n) is 5.23. The van der Waals surface area contributed by atoms with Crippen molar-refractivity contribution in [2.24, 2.45) is 5.73 Å². The second kappa shape index (κ2) is 4.06. The van der Waals surface area contributed by atoms with Gasteiger partial charge in [-0.25, -0.2) is 0 Å². The Morgan fingerprint density at radius 1 is 1.25 bits per heavy atom. The van der Waals surface area contributed by atoms with Crippen molar-refractivity contribution in [1.29, 1.82) is 0 Å². The highest BCUT2D eigenvalue weighted by Gasteiger charge is 2.26. The molecule has 1 aromatic heterocycles. The first-order valence-corrected chi connectivity index (χ1v) is 5.23. The highest BCUT2D eigenvalue weighted by molar-refractivity contribution is 5.53. The molecule has 2 aromatic rings. The number of rotatable bonds is 3. The van der Waals surface area contributed by atoms with Crippen LogP contribution in [0.25, 0.3) is 11.4 Å². The van der Waals surface area contributed by atoms with Crippen molar-refractivity contribution >= 4 is 0 Å². The molecule has 4 nitrogen and oxygen atoms in total. The molecule has 16 heavy (non-hydrogen) atoms. The largest absolute Gasteiger partial charge is 0.338 e. The molecule has 84 valence electrons. The molecule has 1 aromatic carbocycles. The Morgan fingerprint density at radius 3 is 2.56 bits per heavy atom. The maximum Gasteiger partial charge on any atom is 0.233 e. The Labute approximate surface area is 94.5 Å². The Balaban J connectivity index is 2.34. The lowest BCUT2D eigenvalue weighted by Crippen LogP contribution is -2.28. The molecule has 0 aliphatic rings. The summed E-state index contributed by atoms with van der Waals surface area (Å²) in [5, 5.41) is 3.96. The van der Waals surface area contributed by atoms with E-state index in [0.717, 1.165) is 5.56 Å². The minimum Gasteiger partial charge on any atom is -0.338 e. The molecule has 0 saturated carbocycles. The lowest BCUT2D eigenvalue weighted by Gasteiger charge is -2.15. The number of nitrogens with zero attached hydrogens (tertiary/aromatic N) is 2. The molecule has 0 spiro atoms. The molecule has 0 radical (unpaired) electrons. The quantitative estimate of drug-likeness (QED) is 0.853. The summed E-state index contributed by atoms with van der Waals surface area (Å²) < 4.78 is 5.23. The minimum absolute atomic E-state index is 0.278. The average molecular weight is 217 g/mol. The molecule has 0 fully saturated rings. The normalized spacial score (nSPS) is 11.7.